The second kappa shape index (κ2) is 10.4. The van der Waals surface area contributed by atoms with Crippen molar-refractivity contribution in [3.8, 4) is 6.07 Å². The monoisotopic (exact) mass is 199 g/mol. The molecule has 0 rings (SSSR count). The van der Waals surface area contributed by atoms with Gasteiger partial charge in [0.15, 0.2) is 0 Å². The van der Waals surface area contributed by atoms with Gasteiger partial charge >= 0.3 is 0 Å². The lowest BCUT2D eigenvalue weighted by atomic mass is 10.4. The predicted molar refractivity (Wildman–Crippen MR) is 57.9 cm³/mol. The Labute approximate surface area is 86.0 Å². The van der Waals surface area contributed by atoms with Crippen LogP contribution in [0.2, 0.25) is 0 Å². The maximum absolute atomic E-state index is 8.48. The highest BCUT2D eigenvalue weighted by atomic mass is 15.0. The van der Waals surface area contributed by atoms with E-state index in [1.165, 1.54) is 0 Å². The van der Waals surface area contributed by atoms with Gasteiger partial charge in [0.1, 0.15) is 0 Å². The third-order valence-corrected chi connectivity index (χ3v) is 1.75. The van der Waals surface area contributed by atoms with Crippen LogP contribution in [0.1, 0.15) is 6.92 Å². The molecule has 0 amide bonds. The second-order valence-electron chi connectivity index (χ2n) is 3.09. The van der Waals surface area contributed by atoms with Crippen LogP contribution < -0.4 is 21.7 Å². The van der Waals surface area contributed by atoms with Crippen LogP contribution in [0.5, 0.6) is 0 Å². The fourth-order valence-electron chi connectivity index (χ4n) is 0.952. The summed E-state index contributed by atoms with van der Waals surface area (Å²) in [6, 6.07) is 2.06. The van der Waals surface area contributed by atoms with Crippen LogP contribution in [0.15, 0.2) is 0 Å². The Morgan fingerprint density at radius 2 is 1.71 bits per heavy atom. The van der Waals surface area contributed by atoms with Crippen LogP contribution >= 0.6 is 0 Å². The van der Waals surface area contributed by atoms with Crippen molar-refractivity contribution >= 4 is 0 Å². The van der Waals surface area contributed by atoms with E-state index < -0.39 is 0 Å². The first kappa shape index (κ1) is 13.3. The first-order valence-corrected chi connectivity index (χ1v) is 5.05. The zero-order valence-electron chi connectivity index (χ0n) is 8.84. The van der Waals surface area contributed by atoms with Crippen LogP contribution in [0, 0.1) is 11.3 Å². The van der Waals surface area contributed by atoms with Crippen LogP contribution in [-0.4, -0.2) is 45.3 Å². The van der Waals surface area contributed by atoms with Crippen molar-refractivity contribution in [2.24, 2.45) is 5.73 Å². The Hall–Kier alpha value is -0.670. The first-order valence-electron chi connectivity index (χ1n) is 5.05. The van der Waals surface area contributed by atoms with Crippen LogP contribution in [-0.2, 0) is 0 Å². The fraction of sp³-hybridized carbons (Fsp3) is 0.889. The summed E-state index contributed by atoms with van der Waals surface area (Å²) >= 11 is 0. The molecule has 1 unspecified atom stereocenters. The molecular weight excluding hydrogens is 178 g/mol. The van der Waals surface area contributed by atoms with Gasteiger partial charge in [0.25, 0.3) is 0 Å². The molecule has 0 fully saturated rings. The van der Waals surface area contributed by atoms with Gasteiger partial charge in [-0.05, 0) is 6.92 Å². The number of nitrogens with one attached hydrogen (secondary N) is 3. The summed E-state index contributed by atoms with van der Waals surface area (Å²) in [4.78, 5) is 0. The van der Waals surface area contributed by atoms with Gasteiger partial charge < -0.3 is 21.7 Å². The molecule has 14 heavy (non-hydrogen) atoms. The number of nitriles is 1. The SMILES string of the molecule is CC(C#N)NCCNCCNCCN. The van der Waals surface area contributed by atoms with E-state index >= 15 is 0 Å². The van der Waals surface area contributed by atoms with Gasteiger partial charge in [0.05, 0.1) is 12.1 Å². The molecule has 0 heterocycles. The van der Waals surface area contributed by atoms with E-state index in [1.807, 2.05) is 6.92 Å². The van der Waals surface area contributed by atoms with Crippen molar-refractivity contribution in [1.82, 2.24) is 16.0 Å². The average molecular weight is 199 g/mol. The van der Waals surface area contributed by atoms with E-state index in [2.05, 4.69) is 22.0 Å². The van der Waals surface area contributed by atoms with Crippen molar-refractivity contribution in [2.75, 3.05) is 39.3 Å². The van der Waals surface area contributed by atoms with Crippen molar-refractivity contribution in [3.63, 3.8) is 0 Å². The van der Waals surface area contributed by atoms with Gasteiger partial charge in [-0.3, -0.25) is 0 Å². The normalized spacial score (nSPS) is 12.4. The van der Waals surface area contributed by atoms with Crippen molar-refractivity contribution in [2.45, 2.75) is 13.0 Å². The maximum Gasteiger partial charge on any atom is 0.0924 e. The fourth-order valence-corrected chi connectivity index (χ4v) is 0.952. The molecule has 5 heteroatoms. The third-order valence-electron chi connectivity index (χ3n) is 1.75. The average Bonchev–Trinajstić information content (AvgIpc) is 2.21. The molecular formula is C9H21N5. The van der Waals surface area contributed by atoms with E-state index in [9.17, 15) is 0 Å². The third kappa shape index (κ3) is 9.42. The first-order chi connectivity index (χ1) is 6.81. The molecule has 0 radical (unpaired) electrons. The molecule has 0 aliphatic carbocycles. The minimum absolute atomic E-state index is 0.0628. The zero-order chi connectivity index (χ0) is 10.6. The molecule has 0 bridgehead atoms. The van der Waals surface area contributed by atoms with Crippen LogP contribution in [0.3, 0.4) is 0 Å². The van der Waals surface area contributed by atoms with Crippen LogP contribution in [0.25, 0.3) is 0 Å². The summed E-state index contributed by atoms with van der Waals surface area (Å²) in [5.74, 6) is 0. The summed E-state index contributed by atoms with van der Waals surface area (Å²) in [6.45, 7) is 6.98. The Balaban J connectivity index is 2.96. The molecule has 0 aliphatic rings. The quantitative estimate of drug-likeness (QED) is 0.344. The van der Waals surface area contributed by atoms with Crippen LogP contribution in [0.4, 0.5) is 0 Å². The number of nitrogens with two attached hydrogens (primary N) is 1. The number of rotatable bonds is 9. The maximum atomic E-state index is 8.48. The lowest BCUT2D eigenvalue weighted by molar-refractivity contribution is 0.569. The van der Waals surface area contributed by atoms with Crippen molar-refractivity contribution in [1.29, 1.82) is 5.26 Å². The predicted octanol–water partition coefficient (Wildman–Crippen LogP) is -1.37. The lowest BCUT2D eigenvalue weighted by Crippen LogP contribution is -2.36. The molecule has 5 nitrogen and oxygen atoms in total. The molecule has 1 atom stereocenters. The van der Waals surface area contributed by atoms with Crippen molar-refractivity contribution in [3.05, 3.63) is 0 Å². The largest absolute Gasteiger partial charge is 0.329 e. The molecule has 0 aromatic heterocycles. The summed E-state index contributed by atoms with van der Waals surface area (Å²) < 4.78 is 0. The minimum Gasteiger partial charge on any atom is -0.329 e. The van der Waals surface area contributed by atoms with E-state index in [0.29, 0.717) is 6.54 Å². The molecule has 0 saturated heterocycles. The highest BCUT2D eigenvalue weighted by Crippen LogP contribution is 1.73. The highest BCUT2D eigenvalue weighted by molar-refractivity contribution is 4.85. The summed E-state index contributed by atoms with van der Waals surface area (Å²) in [5.41, 5.74) is 5.32. The minimum atomic E-state index is -0.0628. The number of nitrogens with zero attached hydrogens (tertiary/aromatic N) is 1. The molecule has 0 aliphatic heterocycles. The summed E-state index contributed by atoms with van der Waals surface area (Å²) in [7, 11) is 0. The second-order valence-corrected chi connectivity index (χ2v) is 3.09. The number of hydrogen-bond donors (Lipinski definition) is 4. The van der Waals surface area contributed by atoms with Gasteiger partial charge in [-0.1, -0.05) is 0 Å². The Bertz CT molecular complexity index is 154. The van der Waals surface area contributed by atoms with E-state index in [0.717, 1.165) is 32.7 Å². The van der Waals surface area contributed by atoms with Gasteiger partial charge in [-0.15, -0.1) is 0 Å². The molecule has 0 aromatic rings. The Kier molecular flexibility index (Phi) is 9.91. The van der Waals surface area contributed by atoms with E-state index in [4.69, 9.17) is 11.0 Å². The smallest absolute Gasteiger partial charge is 0.0924 e. The van der Waals surface area contributed by atoms with Gasteiger partial charge in [0, 0.05) is 39.3 Å². The standard InChI is InChI=1S/C9H21N5/c1-9(8-11)14-7-6-13-5-4-12-3-2-10/h9,12-14H,2-7,10H2,1H3. The molecule has 5 N–H and O–H groups in total. The lowest BCUT2D eigenvalue weighted by Gasteiger charge is -2.07. The molecule has 82 valence electrons. The van der Waals surface area contributed by atoms with Crippen molar-refractivity contribution < 1.29 is 0 Å². The topological polar surface area (TPSA) is 85.9 Å². The number of hydrogen-bond acceptors (Lipinski definition) is 5. The van der Waals surface area contributed by atoms with Gasteiger partial charge in [0.2, 0.25) is 0 Å². The summed E-state index contributed by atoms with van der Waals surface area (Å²) in [6.07, 6.45) is 0. The highest BCUT2D eigenvalue weighted by Gasteiger charge is 1.95. The molecule has 0 aromatic carbocycles. The van der Waals surface area contributed by atoms with Gasteiger partial charge in [-0.25, -0.2) is 0 Å². The zero-order valence-corrected chi connectivity index (χ0v) is 8.84. The Morgan fingerprint density at radius 1 is 1.14 bits per heavy atom. The Morgan fingerprint density at radius 3 is 2.29 bits per heavy atom. The van der Waals surface area contributed by atoms with E-state index in [1.54, 1.807) is 0 Å². The molecule has 0 spiro atoms. The molecule has 0 saturated carbocycles. The van der Waals surface area contributed by atoms with Gasteiger partial charge in [-0.2, -0.15) is 5.26 Å². The summed E-state index contributed by atoms with van der Waals surface area (Å²) in [5, 5.41) is 18.0. The van der Waals surface area contributed by atoms with E-state index in [-0.39, 0.29) is 6.04 Å².